The van der Waals surface area contributed by atoms with E-state index in [0.717, 1.165) is 25.9 Å². The van der Waals surface area contributed by atoms with Crippen LogP contribution in [0.2, 0.25) is 0 Å². The molecule has 0 aromatic rings. The van der Waals surface area contributed by atoms with Crippen molar-refractivity contribution in [3.8, 4) is 6.07 Å². The maximum absolute atomic E-state index is 11.3. The van der Waals surface area contributed by atoms with Gasteiger partial charge in [-0.25, -0.2) is 0 Å². The van der Waals surface area contributed by atoms with Gasteiger partial charge < -0.3 is 10.6 Å². The second-order valence-electron chi connectivity index (χ2n) is 3.66. The van der Waals surface area contributed by atoms with Gasteiger partial charge in [0.1, 0.15) is 0 Å². The van der Waals surface area contributed by atoms with E-state index < -0.39 is 0 Å². The van der Waals surface area contributed by atoms with Crippen LogP contribution in [-0.4, -0.2) is 25.5 Å². The molecule has 0 aliphatic carbocycles. The first-order valence-electron chi connectivity index (χ1n) is 5.17. The van der Waals surface area contributed by atoms with E-state index in [9.17, 15) is 4.79 Å². The minimum Gasteiger partial charge on any atom is -0.355 e. The summed E-state index contributed by atoms with van der Waals surface area (Å²) in [5, 5.41) is 14.3. The minimum atomic E-state index is 0.0900. The van der Waals surface area contributed by atoms with Crippen LogP contribution in [0.4, 0.5) is 0 Å². The largest absolute Gasteiger partial charge is 0.355 e. The number of amides is 1. The number of nitriles is 1. The van der Waals surface area contributed by atoms with Gasteiger partial charge >= 0.3 is 0 Å². The normalized spacial score (nSPS) is 17.4. The summed E-state index contributed by atoms with van der Waals surface area (Å²) in [6.07, 6.45) is 3.20. The summed E-state index contributed by atoms with van der Waals surface area (Å²) >= 11 is 0. The highest BCUT2D eigenvalue weighted by molar-refractivity contribution is 5.76. The Labute approximate surface area is 84.7 Å². The molecule has 0 aromatic carbocycles. The Balaban J connectivity index is 2.10. The number of nitrogens with zero attached hydrogens (tertiary/aromatic N) is 1. The molecule has 1 amide bonds. The average Bonchev–Trinajstić information content (AvgIpc) is 2.20. The Hall–Kier alpha value is -1.08. The molecule has 0 radical (unpaired) electrons. The Morgan fingerprint density at radius 1 is 1.50 bits per heavy atom. The first-order chi connectivity index (χ1) is 6.83. The van der Waals surface area contributed by atoms with Gasteiger partial charge in [0.25, 0.3) is 0 Å². The highest BCUT2D eigenvalue weighted by Crippen LogP contribution is 2.15. The van der Waals surface area contributed by atoms with E-state index in [1.807, 2.05) is 6.07 Å². The lowest BCUT2D eigenvalue weighted by Gasteiger charge is -2.21. The molecule has 0 spiro atoms. The van der Waals surface area contributed by atoms with Crippen molar-refractivity contribution in [3.05, 3.63) is 0 Å². The van der Waals surface area contributed by atoms with Crippen LogP contribution in [-0.2, 0) is 4.79 Å². The number of piperidine rings is 1. The Kier molecular flexibility index (Phi) is 5.02. The van der Waals surface area contributed by atoms with Crippen LogP contribution < -0.4 is 10.6 Å². The average molecular weight is 195 g/mol. The highest BCUT2D eigenvalue weighted by Gasteiger charge is 2.15. The summed E-state index contributed by atoms with van der Waals surface area (Å²) in [5.74, 6) is 0.616. The van der Waals surface area contributed by atoms with Crippen molar-refractivity contribution < 1.29 is 4.79 Å². The molecule has 14 heavy (non-hydrogen) atoms. The van der Waals surface area contributed by atoms with E-state index in [2.05, 4.69) is 10.6 Å². The third-order valence-electron chi connectivity index (χ3n) is 2.49. The maximum atomic E-state index is 11.3. The van der Waals surface area contributed by atoms with Crippen LogP contribution in [0.3, 0.4) is 0 Å². The van der Waals surface area contributed by atoms with Crippen LogP contribution >= 0.6 is 0 Å². The molecule has 2 N–H and O–H groups in total. The zero-order valence-corrected chi connectivity index (χ0v) is 8.38. The molecule has 0 atom stereocenters. The van der Waals surface area contributed by atoms with Gasteiger partial charge in [-0.05, 0) is 31.8 Å². The van der Waals surface area contributed by atoms with Crippen molar-refractivity contribution in [3.63, 3.8) is 0 Å². The van der Waals surface area contributed by atoms with Crippen LogP contribution in [0.15, 0.2) is 0 Å². The number of carbonyl (C=O) groups is 1. The third kappa shape index (κ3) is 4.24. The predicted octanol–water partition coefficient (Wildman–Crippen LogP) is 0.406. The Morgan fingerprint density at radius 3 is 2.86 bits per heavy atom. The van der Waals surface area contributed by atoms with Crippen LogP contribution in [0.5, 0.6) is 0 Å². The van der Waals surface area contributed by atoms with Crippen LogP contribution in [0.25, 0.3) is 0 Å². The van der Waals surface area contributed by atoms with Crippen molar-refractivity contribution in [2.75, 3.05) is 19.6 Å². The molecule has 4 heteroatoms. The first-order valence-corrected chi connectivity index (χ1v) is 5.17. The van der Waals surface area contributed by atoms with E-state index in [1.165, 1.54) is 0 Å². The number of carbonyl (C=O) groups excluding carboxylic acids is 1. The lowest BCUT2D eigenvalue weighted by atomic mass is 9.94. The topological polar surface area (TPSA) is 64.9 Å². The van der Waals surface area contributed by atoms with Crippen molar-refractivity contribution in [1.29, 1.82) is 5.26 Å². The standard InChI is InChI=1S/C10H17N3O/c11-4-1-5-13-10(14)8-9-2-6-12-7-3-9/h9,12H,1-3,5-8H2,(H,13,14). The molecule has 1 heterocycles. The summed E-state index contributed by atoms with van der Waals surface area (Å²) in [6.45, 7) is 2.53. The second kappa shape index (κ2) is 6.39. The first kappa shape index (κ1) is 11.0. The molecule has 1 rings (SSSR count). The highest BCUT2D eigenvalue weighted by atomic mass is 16.1. The zero-order chi connectivity index (χ0) is 10.2. The number of hydrogen-bond donors (Lipinski definition) is 2. The van der Waals surface area contributed by atoms with Crippen molar-refractivity contribution >= 4 is 5.91 Å². The SMILES string of the molecule is N#CCCNC(=O)CC1CCNCC1. The lowest BCUT2D eigenvalue weighted by Crippen LogP contribution is -2.32. The Bertz CT molecular complexity index is 216. The van der Waals surface area contributed by atoms with Crippen LogP contribution in [0.1, 0.15) is 25.7 Å². The van der Waals surface area contributed by atoms with Gasteiger partial charge in [-0.3, -0.25) is 4.79 Å². The fraction of sp³-hybridized carbons (Fsp3) is 0.800. The molecule has 1 aliphatic rings. The third-order valence-corrected chi connectivity index (χ3v) is 2.49. The van der Waals surface area contributed by atoms with Crippen molar-refractivity contribution in [1.82, 2.24) is 10.6 Å². The quantitative estimate of drug-likeness (QED) is 0.638. The fourth-order valence-electron chi connectivity index (χ4n) is 1.68. The molecule has 4 nitrogen and oxygen atoms in total. The van der Waals surface area contributed by atoms with Crippen molar-refractivity contribution in [2.24, 2.45) is 5.92 Å². The lowest BCUT2D eigenvalue weighted by molar-refractivity contribution is -0.122. The summed E-state index contributed by atoms with van der Waals surface area (Å²) in [4.78, 5) is 11.3. The molecule has 0 saturated carbocycles. The Morgan fingerprint density at radius 2 is 2.21 bits per heavy atom. The van der Waals surface area contributed by atoms with E-state index in [4.69, 9.17) is 5.26 Å². The molecular formula is C10H17N3O. The van der Waals surface area contributed by atoms with Gasteiger partial charge in [-0.15, -0.1) is 0 Å². The maximum Gasteiger partial charge on any atom is 0.220 e. The van der Waals surface area contributed by atoms with Crippen LogP contribution in [0, 0.1) is 17.2 Å². The fourth-order valence-corrected chi connectivity index (χ4v) is 1.68. The van der Waals surface area contributed by atoms with E-state index in [0.29, 0.717) is 25.3 Å². The molecule has 1 fully saturated rings. The zero-order valence-electron chi connectivity index (χ0n) is 8.38. The van der Waals surface area contributed by atoms with E-state index in [-0.39, 0.29) is 5.91 Å². The summed E-state index contributed by atoms with van der Waals surface area (Å²) in [6, 6.07) is 2.00. The smallest absolute Gasteiger partial charge is 0.220 e. The molecule has 78 valence electrons. The second-order valence-corrected chi connectivity index (χ2v) is 3.66. The monoisotopic (exact) mass is 195 g/mol. The number of rotatable bonds is 4. The molecule has 1 aliphatic heterocycles. The molecular weight excluding hydrogens is 178 g/mol. The van der Waals surface area contributed by atoms with Gasteiger partial charge in [-0.1, -0.05) is 0 Å². The summed E-state index contributed by atoms with van der Waals surface area (Å²) in [7, 11) is 0. The van der Waals surface area contributed by atoms with Gasteiger partial charge in [0.15, 0.2) is 0 Å². The molecule has 0 bridgehead atoms. The van der Waals surface area contributed by atoms with E-state index in [1.54, 1.807) is 0 Å². The summed E-state index contributed by atoms with van der Waals surface area (Å²) < 4.78 is 0. The van der Waals surface area contributed by atoms with Gasteiger partial charge in [0, 0.05) is 13.0 Å². The summed E-state index contributed by atoms with van der Waals surface area (Å²) in [5.41, 5.74) is 0. The molecule has 1 saturated heterocycles. The number of nitrogens with one attached hydrogen (secondary N) is 2. The van der Waals surface area contributed by atoms with Gasteiger partial charge in [0.2, 0.25) is 5.91 Å². The molecule has 0 aromatic heterocycles. The van der Waals surface area contributed by atoms with Gasteiger partial charge in [0.05, 0.1) is 12.5 Å². The van der Waals surface area contributed by atoms with Crippen molar-refractivity contribution in [2.45, 2.75) is 25.7 Å². The van der Waals surface area contributed by atoms with Gasteiger partial charge in [-0.2, -0.15) is 5.26 Å². The predicted molar refractivity (Wildman–Crippen MR) is 53.5 cm³/mol. The number of hydrogen-bond acceptors (Lipinski definition) is 3. The van der Waals surface area contributed by atoms with E-state index >= 15 is 0 Å². The molecule has 0 unspecified atom stereocenters. The minimum absolute atomic E-state index is 0.0900.